The zero-order valence-electron chi connectivity index (χ0n) is 15.6. The van der Waals surface area contributed by atoms with Gasteiger partial charge in [-0.2, -0.15) is 0 Å². The summed E-state index contributed by atoms with van der Waals surface area (Å²) in [5, 5.41) is 0. The van der Waals surface area contributed by atoms with Crippen molar-refractivity contribution in [2.45, 2.75) is 13.5 Å². The van der Waals surface area contributed by atoms with E-state index in [9.17, 15) is 14.0 Å². The van der Waals surface area contributed by atoms with Crippen molar-refractivity contribution >= 4 is 11.9 Å². The van der Waals surface area contributed by atoms with Gasteiger partial charge in [-0.3, -0.25) is 9.69 Å². The number of piperazine rings is 1. The van der Waals surface area contributed by atoms with Gasteiger partial charge in [0.2, 0.25) is 0 Å². The molecule has 0 saturated carbocycles. The highest BCUT2D eigenvalue weighted by molar-refractivity contribution is 5.94. The molecule has 2 aromatic rings. The first-order valence-corrected chi connectivity index (χ1v) is 8.93. The van der Waals surface area contributed by atoms with Crippen LogP contribution in [0, 0.1) is 12.7 Å². The lowest BCUT2D eigenvalue weighted by atomic mass is 10.1. The molecule has 2 aromatic carbocycles. The molecule has 1 fully saturated rings. The Kier molecular flexibility index (Phi) is 5.86. The van der Waals surface area contributed by atoms with E-state index in [1.165, 1.54) is 13.2 Å². The number of esters is 1. The van der Waals surface area contributed by atoms with Crippen molar-refractivity contribution in [1.29, 1.82) is 0 Å². The van der Waals surface area contributed by atoms with Gasteiger partial charge in [0.25, 0.3) is 5.91 Å². The third kappa shape index (κ3) is 4.52. The minimum Gasteiger partial charge on any atom is -0.465 e. The van der Waals surface area contributed by atoms with Crippen molar-refractivity contribution in [2.75, 3.05) is 33.3 Å². The molecule has 0 radical (unpaired) electrons. The fraction of sp³-hybridized carbons (Fsp3) is 0.333. The smallest absolute Gasteiger partial charge is 0.337 e. The van der Waals surface area contributed by atoms with Gasteiger partial charge in [-0.1, -0.05) is 18.2 Å². The van der Waals surface area contributed by atoms with Crippen molar-refractivity contribution in [1.82, 2.24) is 9.80 Å². The van der Waals surface area contributed by atoms with E-state index in [4.69, 9.17) is 4.74 Å². The Morgan fingerprint density at radius 2 is 1.78 bits per heavy atom. The molecule has 0 aromatic heterocycles. The normalized spacial score (nSPS) is 14.9. The largest absolute Gasteiger partial charge is 0.465 e. The maximum absolute atomic E-state index is 13.7. The zero-order valence-corrected chi connectivity index (χ0v) is 15.6. The van der Waals surface area contributed by atoms with Crippen LogP contribution in [0.2, 0.25) is 0 Å². The van der Waals surface area contributed by atoms with Crippen LogP contribution in [-0.4, -0.2) is 55.0 Å². The van der Waals surface area contributed by atoms with E-state index in [1.807, 2.05) is 18.2 Å². The number of carbonyl (C=O) groups is 2. The third-order valence-corrected chi connectivity index (χ3v) is 4.83. The van der Waals surface area contributed by atoms with Crippen LogP contribution in [0.1, 0.15) is 31.8 Å². The van der Waals surface area contributed by atoms with E-state index in [-0.39, 0.29) is 17.7 Å². The third-order valence-electron chi connectivity index (χ3n) is 4.83. The van der Waals surface area contributed by atoms with Gasteiger partial charge in [0, 0.05) is 38.3 Å². The molecule has 0 aliphatic carbocycles. The highest BCUT2D eigenvalue weighted by Gasteiger charge is 2.22. The lowest BCUT2D eigenvalue weighted by Gasteiger charge is -2.34. The Balaban J connectivity index is 1.58. The second-order valence-electron chi connectivity index (χ2n) is 6.72. The van der Waals surface area contributed by atoms with Gasteiger partial charge < -0.3 is 9.64 Å². The number of hydrogen-bond acceptors (Lipinski definition) is 4. The molecule has 0 atom stereocenters. The van der Waals surface area contributed by atoms with Crippen molar-refractivity contribution < 1.29 is 18.7 Å². The number of nitrogens with zero attached hydrogens (tertiary/aromatic N) is 2. The number of amides is 1. The fourth-order valence-electron chi connectivity index (χ4n) is 3.19. The van der Waals surface area contributed by atoms with E-state index in [1.54, 1.807) is 30.0 Å². The molecule has 0 bridgehead atoms. The number of ether oxygens (including phenoxy) is 1. The molecule has 1 amide bonds. The number of methoxy groups -OCH3 is 1. The van der Waals surface area contributed by atoms with E-state index in [2.05, 4.69) is 4.90 Å². The lowest BCUT2D eigenvalue weighted by molar-refractivity contribution is 0.0595. The molecular weight excluding hydrogens is 347 g/mol. The molecule has 5 nitrogen and oxygen atoms in total. The molecule has 0 N–H and O–H groups in total. The summed E-state index contributed by atoms with van der Waals surface area (Å²) in [6.07, 6.45) is 0. The van der Waals surface area contributed by atoms with E-state index in [0.29, 0.717) is 36.3 Å². The van der Waals surface area contributed by atoms with Crippen molar-refractivity contribution in [3.63, 3.8) is 0 Å². The fourth-order valence-corrected chi connectivity index (χ4v) is 3.19. The van der Waals surface area contributed by atoms with Gasteiger partial charge in [-0.25, -0.2) is 9.18 Å². The Morgan fingerprint density at radius 3 is 2.44 bits per heavy atom. The number of aryl methyl sites for hydroxylation is 1. The van der Waals surface area contributed by atoms with Crippen LogP contribution in [0.3, 0.4) is 0 Å². The predicted molar refractivity (Wildman–Crippen MR) is 100 cm³/mol. The summed E-state index contributed by atoms with van der Waals surface area (Å²) in [6.45, 7) is 5.00. The standard InChI is InChI=1S/C21H23FN2O3/c1-15-6-7-17(13-19(15)22)20(25)24-10-8-23(9-11-24)14-16-4-3-5-18(12-16)21(26)27-2/h3-7,12-13H,8-11,14H2,1-2H3. The summed E-state index contributed by atoms with van der Waals surface area (Å²) in [5.74, 6) is -0.844. The topological polar surface area (TPSA) is 49.9 Å². The van der Waals surface area contributed by atoms with Crippen LogP contribution in [0.25, 0.3) is 0 Å². The molecule has 27 heavy (non-hydrogen) atoms. The molecular formula is C21H23FN2O3. The molecule has 1 saturated heterocycles. The predicted octanol–water partition coefficient (Wildman–Crippen LogP) is 2.88. The van der Waals surface area contributed by atoms with Gasteiger partial charge in [0.05, 0.1) is 12.7 Å². The summed E-state index contributed by atoms with van der Waals surface area (Å²) in [7, 11) is 1.37. The maximum atomic E-state index is 13.7. The summed E-state index contributed by atoms with van der Waals surface area (Å²) in [5.41, 5.74) is 2.48. The summed E-state index contributed by atoms with van der Waals surface area (Å²) in [6, 6.07) is 12.0. The molecule has 3 rings (SSSR count). The average molecular weight is 370 g/mol. The van der Waals surface area contributed by atoms with Crippen LogP contribution in [0.5, 0.6) is 0 Å². The van der Waals surface area contributed by atoms with E-state index in [0.717, 1.165) is 18.7 Å². The summed E-state index contributed by atoms with van der Waals surface area (Å²) < 4.78 is 18.5. The van der Waals surface area contributed by atoms with E-state index < -0.39 is 0 Å². The second kappa shape index (κ2) is 8.31. The molecule has 1 aliphatic rings. The van der Waals surface area contributed by atoms with Crippen molar-refractivity contribution in [2.24, 2.45) is 0 Å². The van der Waals surface area contributed by atoms with Gasteiger partial charge in [-0.05, 0) is 42.3 Å². The average Bonchev–Trinajstić information content (AvgIpc) is 2.69. The first-order valence-electron chi connectivity index (χ1n) is 8.93. The molecule has 1 heterocycles. The number of rotatable bonds is 4. The number of carbonyl (C=O) groups excluding carboxylic acids is 2. The molecule has 6 heteroatoms. The number of halogens is 1. The quantitative estimate of drug-likeness (QED) is 0.777. The minimum atomic E-state index is -0.357. The molecule has 1 aliphatic heterocycles. The Bertz CT molecular complexity index is 845. The molecule has 0 unspecified atom stereocenters. The SMILES string of the molecule is COC(=O)c1cccc(CN2CCN(C(=O)c3ccc(C)c(F)c3)CC2)c1. The maximum Gasteiger partial charge on any atom is 0.337 e. The van der Waals surface area contributed by atoms with Crippen LogP contribution in [-0.2, 0) is 11.3 Å². The van der Waals surface area contributed by atoms with Gasteiger partial charge in [-0.15, -0.1) is 0 Å². The Morgan fingerprint density at radius 1 is 1.04 bits per heavy atom. The lowest BCUT2D eigenvalue weighted by Crippen LogP contribution is -2.48. The first kappa shape index (κ1) is 19.0. The molecule has 0 spiro atoms. The Labute approximate surface area is 158 Å². The Hall–Kier alpha value is -2.73. The van der Waals surface area contributed by atoms with Crippen LogP contribution < -0.4 is 0 Å². The van der Waals surface area contributed by atoms with Crippen LogP contribution >= 0.6 is 0 Å². The number of benzene rings is 2. The molecule has 142 valence electrons. The van der Waals surface area contributed by atoms with Crippen LogP contribution in [0.4, 0.5) is 4.39 Å². The van der Waals surface area contributed by atoms with Gasteiger partial charge >= 0.3 is 5.97 Å². The van der Waals surface area contributed by atoms with Crippen molar-refractivity contribution in [3.8, 4) is 0 Å². The monoisotopic (exact) mass is 370 g/mol. The summed E-state index contributed by atoms with van der Waals surface area (Å²) in [4.78, 5) is 28.2. The van der Waals surface area contributed by atoms with Gasteiger partial charge in [0.15, 0.2) is 0 Å². The van der Waals surface area contributed by atoms with Crippen molar-refractivity contribution in [3.05, 3.63) is 70.5 Å². The van der Waals surface area contributed by atoms with Crippen LogP contribution in [0.15, 0.2) is 42.5 Å². The minimum absolute atomic E-state index is 0.138. The van der Waals surface area contributed by atoms with E-state index >= 15 is 0 Å². The summed E-state index contributed by atoms with van der Waals surface area (Å²) >= 11 is 0. The zero-order chi connectivity index (χ0) is 19.4. The highest BCUT2D eigenvalue weighted by Crippen LogP contribution is 2.15. The first-order chi connectivity index (χ1) is 13.0. The second-order valence-corrected chi connectivity index (χ2v) is 6.72. The highest BCUT2D eigenvalue weighted by atomic mass is 19.1. The van der Waals surface area contributed by atoms with Gasteiger partial charge in [0.1, 0.15) is 5.82 Å². The number of hydrogen-bond donors (Lipinski definition) is 0.